The molecule has 0 atom stereocenters. The van der Waals surface area contributed by atoms with Crippen molar-refractivity contribution in [2.75, 3.05) is 6.54 Å². The average Bonchev–Trinajstić information content (AvgIpc) is 4.12. The molecule has 0 bridgehead atoms. The molecule has 9 aromatic rings. The summed E-state index contributed by atoms with van der Waals surface area (Å²) in [5.41, 5.74) is 11.6. The summed E-state index contributed by atoms with van der Waals surface area (Å²) in [4.78, 5) is 14.9. The van der Waals surface area contributed by atoms with Crippen molar-refractivity contribution < 1.29 is 14.5 Å². The third kappa shape index (κ3) is 9.85. The van der Waals surface area contributed by atoms with Gasteiger partial charge in [-0.2, -0.15) is 4.58 Å². The molecule has 11 rings (SSSR count). The third-order valence-electron chi connectivity index (χ3n) is 15.9. The van der Waals surface area contributed by atoms with Crippen LogP contribution in [0.25, 0.3) is 89.1 Å². The quantitative estimate of drug-likeness (QED) is 0.0337. The van der Waals surface area contributed by atoms with Crippen LogP contribution in [0.5, 0.6) is 0 Å². The van der Waals surface area contributed by atoms with Gasteiger partial charge >= 0.3 is 0 Å². The molecular weight excluding hydrogens is 925 g/mol. The molecule has 0 amide bonds. The second kappa shape index (κ2) is 23.2. The molecule has 4 nitrogen and oxygen atoms in total. The highest BCUT2D eigenvalue weighted by atomic mass is 16.3. The molecule has 0 radical (unpaired) electrons. The van der Waals surface area contributed by atoms with Crippen LogP contribution < -0.4 is 0 Å². The molecule has 2 heterocycles. The molecule has 76 heavy (non-hydrogen) atoms. The molecule has 0 saturated heterocycles. The number of aliphatic hydroxyl groups excluding tert-OH is 1. The van der Waals surface area contributed by atoms with Crippen molar-refractivity contribution in [3.8, 4) is 22.3 Å². The lowest BCUT2D eigenvalue weighted by Gasteiger charge is -2.23. The first-order valence-corrected chi connectivity index (χ1v) is 28.1. The summed E-state index contributed by atoms with van der Waals surface area (Å²) in [6.07, 6.45) is 27.1. The van der Waals surface area contributed by atoms with Gasteiger partial charge in [0.05, 0.1) is 11.3 Å². The number of aliphatic hydroxyl groups is 1. The minimum Gasteiger partial charge on any atom is -0.506 e. The first-order valence-electron chi connectivity index (χ1n) is 28.1. The highest BCUT2D eigenvalue weighted by molar-refractivity contribution is 6.39. The second-order valence-electron chi connectivity index (χ2n) is 20.7. The van der Waals surface area contributed by atoms with Gasteiger partial charge in [-0.3, -0.25) is 4.79 Å². The number of allylic oxidation sites excluding steroid dienone is 5. The Morgan fingerprint density at radius 3 is 1.36 bits per heavy atom. The highest BCUT2D eigenvalue weighted by Gasteiger charge is 2.43. The Morgan fingerprint density at radius 2 is 0.868 bits per heavy atom. The van der Waals surface area contributed by atoms with Crippen LogP contribution >= 0.6 is 0 Å². The molecule has 0 saturated carbocycles. The van der Waals surface area contributed by atoms with E-state index in [0.717, 1.165) is 61.6 Å². The maximum absolute atomic E-state index is 14.9. The van der Waals surface area contributed by atoms with Crippen molar-refractivity contribution in [2.24, 2.45) is 0 Å². The summed E-state index contributed by atoms with van der Waals surface area (Å²) in [6.45, 7) is 6.01. The number of fused-ring (bicyclic) bond motifs is 4. The van der Waals surface area contributed by atoms with E-state index in [1.807, 2.05) is 12.1 Å². The van der Waals surface area contributed by atoms with Crippen molar-refractivity contribution in [2.45, 2.75) is 97.4 Å². The number of hydrogen-bond acceptors (Lipinski definition) is 2. The molecule has 8 aromatic carbocycles. The largest absolute Gasteiger partial charge is 0.506 e. The summed E-state index contributed by atoms with van der Waals surface area (Å²) in [6, 6.07) is 60.5. The Balaban J connectivity index is 0.982. The van der Waals surface area contributed by atoms with Gasteiger partial charge in [0, 0.05) is 36.9 Å². The van der Waals surface area contributed by atoms with Crippen LogP contribution in [0.2, 0.25) is 0 Å². The molecule has 378 valence electrons. The second-order valence-corrected chi connectivity index (χ2v) is 20.7. The van der Waals surface area contributed by atoms with Crippen molar-refractivity contribution in [1.82, 2.24) is 4.57 Å². The van der Waals surface area contributed by atoms with Gasteiger partial charge in [0.25, 0.3) is 0 Å². The van der Waals surface area contributed by atoms with Gasteiger partial charge in [0.15, 0.2) is 0 Å². The molecule has 0 unspecified atom stereocenters. The fraction of sp³-hybridized carbons (Fsp3) is 0.222. The Kier molecular flexibility index (Phi) is 15.3. The smallest absolute Gasteiger partial charge is 0.221 e. The summed E-state index contributed by atoms with van der Waals surface area (Å²) in [7, 11) is 0. The van der Waals surface area contributed by atoms with E-state index >= 15 is 0 Å². The molecule has 0 fully saturated rings. The van der Waals surface area contributed by atoms with Crippen LogP contribution in [0.3, 0.4) is 0 Å². The Bertz CT molecular complexity index is 3690. The lowest BCUT2D eigenvalue weighted by atomic mass is 9.84. The van der Waals surface area contributed by atoms with Gasteiger partial charge in [-0.15, -0.1) is 0 Å². The molecule has 1 aliphatic carbocycles. The summed E-state index contributed by atoms with van der Waals surface area (Å²) in [5, 5.41) is 22.0. The lowest BCUT2D eigenvalue weighted by molar-refractivity contribution is -0.469. The highest BCUT2D eigenvalue weighted by Crippen LogP contribution is 2.44. The van der Waals surface area contributed by atoms with E-state index in [1.165, 1.54) is 128 Å². The first-order chi connectivity index (χ1) is 37.6. The van der Waals surface area contributed by atoms with Crippen LogP contribution in [0.15, 0.2) is 205 Å². The molecular formula is C72H69N2O2+. The minimum atomic E-state index is -0.102. The Hall–Kier alpha value is -8.08. The molecule has 2 aliphatic rings. The van der Waals surface area contributed by atoms with Gasteiger partial charge in [-0.25, -0.2) is 0 Å². The number of ketones is 1. The summed E-state index contributed by atoms with van der Waals surface area (Å²) < 4.78 is 4.56. The molecule has 1 aliphatic heterocycles. The van der Waals surface area contributed by atoms with Crippen molar-refractivity contribution >= 4 is 78.4 Å². The van der Waals surface area contributed by atoms with E-state index in [1.54, 1.807) is 0 Å². The predicted molar refractivity (Wildman–Crippen MR) is 324 cm³/mol. The van der Waals surface area contributed by atoms with Crippen molar-refractivity contribution in [3.63, 3.8) is 0 Å². The van der Waals surface area contributed by atoms with Gasteiger partial charge in [0.1, 0.15) is 17.9 Å². The monoisotopic (exact) mass is 994 g/mol. The van der Waals surface area contributed by atoms with E-state index in [-0.39, 0.29) is 11.5 Å². The van der Waals surface area contributed by atoms with Gasteiger partial charge in [-0.05, 0) is 114 Å². The predicted octanol–water partition coefficient (Wildman–Crippen LogP) is 19.2. The van der Waals surface area contributed by atoms with E-state index in [2.05, 4.69) is 217 Å². The van der Waals surface area contributed by atoms with Crippen LogP contribution in [0.1, 0.15) is 113 Å². The lowest BCUT2D eigenvalue weighted by Crippen LogP contribution is -2.28. The number of rotatable bonds is 21. The zero-order chi connectivity index (χ0) is 51.8. The van der Waals surface area contributed by atoms with E-state index in [4.69, 9.17) is 0 Å². The minimum absolute atomic E-state index is 0.0858. The van der Waals surface area contributed by atoms with Gasteiger partial charge in [0.2, 0.25) is 17.2 Å². The van der Waals surface area contributed by atoms with Crippen LogP contribution in [0.4, 0.5) is 0 Å². The fourth-order valence-corrected chi connectivity index (χ4v) is 12.0. The molecule has 0 spiro atoms. The molecule has 1 aromatic heterocycles. The van der Waals surface area contributed by atoms with Gasteiger partial charge in [-0.1, -0.05) is 235 Å². The van der Waals surface area contributed by atoms with Gasteiger partial charge < -0.3 is 9.67 Å². The van der Waals surface area contributed by atoms with E-state index < -0.39 is 0 Å². The number of nitrogens with zero attached hydrogens (tertiary/aromatic N) is 2. The zero-order valence-corrected chi connectivity index (χ0v) is 44.3. The normalized spacial score (nSPS) is 14.8. The van der Waals surface area contributed by atoms with Crippen LogP contribution in [-0.2, 0) is 11.3 Å². The number of carbonyl (C=O) groups excluding carboxylic acids is 1. The third-order valence-corrected chi connectivity index (χ3v) is 15.9. The fourth-order valence-electron chi connectivity index (χ4n) is 12.0. The zero-order valence-electron chi connectivity index (χ0n) is 44.3. The topological polar surface area (TPSA) is 45.2 Å². The molecule has 1 N–H and O–H groups in total. The number of hydrogen-bond donors (Lipinski definition) is 1. The average molecular weight is 994 g/mol. The number of carbonyl (C=O) groups is 1. The SMILES string of the molecule is CCCCCCCCn1c(/C=C/c2c3ccccc3c(-c3ccccc3)c3ccccc23)ccc1C1=C(O)C(=C2C=CC(/C=C/c3c4ccccc4c(-c4ccccc4)c4ccccc34)=[N+]2CCCCCCCC)C1=O. The summed E-state index contributed by atoms with van der Waals surface area (Å²) >= 11 is 0. The molecule has 4 heteroatoms. The van der Waals surface area contributed by atoms with Crippen LogP contribution in [-0.4, -0.2) is 32.3 Å². The van der Waals surface area contributed by atoms with E-state index in [9.17, 15) is 9.90 Å². The Labute approximate surface area is 449 Å². The standard InChI is InChI=1S/C72H68N2O2/c1-3-5-7-9-11-27-49-73-53(41-45-59-55-33-19-23-37-61(55)67(51-29-15-13-16-30-51)62-38-24-20-34-56(59)62)43-47-65(73)69-71(75)70(72(69)76)66-48-44-54(74(66)50-28-12-10-8-6-4-2)42-46-60-57-35-21-25-39-63(57)68(52-31-17-14-18-32-52)64-40-26-22-36-58(60)64/h13-26,29-48H,3-12,27-28,49-50H2,1-2H3/p+1/b45-41+,46-42+. The number of benzene rings is 8. The van der Waals surface area contributed by atoms with E-state index in [0.29, 0.717) is 11.1 Å². The van der Waals surface area contributed by atoms with Crippen molar-refractivity contribution in [3.05, 3.63) is 228 Å². The summed E-state index contributed by atoms with van der Waals surface area (Å²) in [5.74, 6) is -0.0160. The van der Waals surface area contributed by atoms with Crippen LogP contribution in [0, 0.1) is 0 Å². The number of unbranched alkanes of at least 4 members (excludes halogenated alkanes) is 10. The maximum Gasteiger partial charge on any atom is 0.221 e. The maximum atomic E-state index is 14.9. The Morgan fingerprint density at radius 1 is 0.434 bits per heavy atom. The number of Topliss-reactive ketones (excluding diaryl/α,β-unsaturated/α-hetero) is 1. The van der Waals surface area contributed by atoms with Crippen molar-refractivity contribution in [1.29, 1.82) is 0 Å². The number of aromatic nitrogens is 1. The first kappa shape index (κ1) is 50.1.